The molecule has 13 heteroatoms. The fraction of sp³-hybridized carbons (Fsp3) is 0.600. The predicted octanol–water partition coefficient (Wildman–Crippen LogP) is 2.13. The van der Waals surface area contributed by atoms with E-state index in [2.05, 4.69) is 33.6 Å². The average Bonchev–Trinajstić information content (AvgIpc) is 3.25. The van der Waals surface area contributed by atoms with Crippen molar-refractivity contribution in [2.75, 3.05) is 13.2 Å². The van der Waals surface area contributed by atoms with E-state index >= 15 is 0 Å². The molecule has 0 atom stereocenters. The second-order valence-corrected chi connectivity index (χ2v) is 8.53. The number of carbonyl (C=O) groups is 2. The molecular weight excluding hydrogens is 512 g/mol. The molecule has 0 bridgehead atoms. The lowest BCUT2D eigenvalue weighted by atomic mass is 9.95. The lowest BCUT2D eigenvalue weighted by molar-refractivity contribution is -0.158. The van der Waals surface area contributed by atoms with E-state index in [9.17, 15) is 19.2 Å². The Morgan fingerprint density at radius 1 is 0.848 bits per heavy atom. The Bertz CT molecular complexity index is 1000. The predicted molar refractivity (Wildman–Crippen MR) is 116 cm³/mol. The van der Waals surface area contributed by atoms with Crippen molar-refractivity contribution in [2.24, 2.45) is 10.8 Å². The molecule has 188 valence electrons. The fourth-order valence-electron chi connectivity index (χ4n) is 1.46. The van der Waals surface area contributed by atoms with Crippen molar-refractivity contribution in [3.05, 3.63) is 44.3 Å². The molecule has 0 aliphatic heterocycles. The zero-order valence-corrected chi connectivity index (χ0v) is 20.8. The summed E-state index contributed by atoms with van der Waals surface area (Å²) in [6.45, 7) is 8.43. The average molecular weight is 541 g/mol. The number of aryl methyl sites for hydroxylation is 2. The van der Waals surface area contributed by atoms with Gasteiger partial charge in [-0.15, -0.1) is 0 Å². The van der Waals surface area contributed by atoms with Gasteiger partial charge in [0, 0.05) is 0 Å². The summed E-state index contributed by atoms with van der Waals surface area (Å²) in [6.07, 6.45) is 0. The van der Waals surface area contributed by atoms with Gasteiger partial charge >= 0.3 is 23.6 Å². The Hall–Kier alpha value is -2.64. The number of hydrogen-bond donors (Lipinski definition) is 3. The van der Waals surface area contributed by atoms with Crippen LogP contribution in [0.3, 0.4) is 0 Å². The second-order valence-electron chi connectivity index (χ2n) is 7.97. The number of hydrogen-bond acceptors (Lipinski definition) is 11. The first-order valence-corrected chi connectivity index (χ1v) is 10.6. The summed E-state index contributed by atoms with van der Waals surface area (Å²) >= 11 is 3.13. The summed E-state index contributed by atoms with van der Waals surface area (Å²) < 4.78 is 23.3. The van der Waals surface area contributed by atoms with Crippen LogP contribution in [0.15, 0.2) is 27.3 Å². The molecule has 0 aliphatic carbocycles. The van der Waals surface area contributed by atoms with Gasteiger partial charge in [-0.2, -0.15) is 0 Å². The van der Waals surface area contributed by atoms with Crippen molar-refractivity contribution in [2.45, 2.75) is 53.5 Å². The number of rotatable bonds is 7. The van der Waals surface area contributed by atoms with Crippen LogP contribution in [-0.4, -0.2) is 40.5 Å². The number of halogens is 1. The normalized spacial score (nSPS) is 11.1. The summed E-state index contributed by atoms with van der Waals surface area (Å²) in [6, 6.07) is 0. The maximum absolute atomic E-state index is 11.5. The van der Waals surface area contributed by atoms with Gasteiger partial charge in [-0.25, -0.2) is 9.59 Å². The third-order valence-electron chi connectivity index (χ3n) is 4.05. The highest BCUT2D eigenvalue weighted by Gasteiger charge is 2.29. The lowest BCUT2D eigenvalue weighted by Crippen LogP contribution is -2.30. The van der Waals surface area contributed by atoms with E-state index in [1.165, 1.54) is 20.8 Å². The Labute approximate surface area is 197 Å². The minimum absolute atomic E-state index is 0.173. The van der Waals surface area contributed by atoms with Crippen LogP contribution in [0.4, 0.5) is 0 Å². The Morgan fingerprint density at radius 3 is 1.52 bits per heavy atom. The van der Waals surface area contributed by atoms with E-state index < -0.39 is 34.4 Å². The van der Waals surface area contributed by atoms with Crippen LogP contribution in [0, 0.1) is 24.7 Å². The topological polar surface area (TPSA) is 191 Å². The zero-order valence-electron chi connectivity index (χ0n) is 19.2. The Balaban J connectivity index is 0.000000511. The van der Waals surface area contributed by atoms with Crippen molar-refractivity contribution in [3.8, 4) is 0 Å². The number of esters is 1. The number of aliphatic hydroxyl groups excluding tert-OH is 2. The molecule has 2 heterocycles. The highest BCUT2D eigenvalue weighted by atomic mass is 79.9. The zero-order chi connectivity index (χ0) is 26.0. The van der Waals surface area contributed by atoms with Crippen molar-refractivity contribution >= 4 is 27.9 Å². The molecule has 0 fully saturated rings. The lowest BCUT2D eigenvalue weighted by Gasteiger charge is -2.18. The molecule has 0 spiro atoms. The number of carbonyl (C=O) groups excluding carboxylic acids is 1. The Kier molecular flexibility index (Phi) is 12.1. The summed E-state index contributed by atoms with van der Waals surface area (Å²) in [5.41, 5.74) is -1.96. The smallest absolute Gasteiger partial charge is 0.481 e. The van der Waals surface area contributed by atoms with Gasteiger partial charge < -0.3 is 37.7 Å². The van der Waals surface area contributed by atoms with Gasteiger partial charge in [-0.3, -0.25) is 9.59 Å². The van der Waals surface area contributed by atoms with Gasteiger partial charge in [0.25, 0.3) is 0 Å². The van der Waals surface area contributed by atoms with E-state index in [0.717, 1.165) is 0 Å². The largest absolute Gasteiger partial charge is 0.519 e. The molecule has 3 N–H and O–H groups in total. The van der Waals surface area contributed by atoms with Crippen LogP contribution in [0.2, 0.25) is 0 Å². The molecule has 0 aromatic carbocycles. The first-order chi connectivity index (χ1) is 15.1. The molecule has 12 nitrogen and oxygen atoms in total. The van der Waals surface area contributed by atoms with E-state index in [4.69, 9.17) is 20.1 Å². The van der Waals surface area contributed by atoms with Crippen molar-refractivity contribution in [1.82, 2.24) is 0 Å². The van der Waals surface area contributed by atoms with Crippen LogP contribution in [0.1, 0.15) is 50.7 Å². The van der Waals surface area contributed by atoms with E-state index in [0.29, 0.717) is 16.9 Å². The van der Waals surface area contributed by atoms with Gasteiger partial charge in [0.05, 0.1) is 29.4 Å². The van der Waals surface area contributed by atoms with Gasteiger partial charge in [0.15, 0.2) is 23.9 Å². The van der Waals surface area contributed by atoms with Gasteiger partial charge in [0.2, 0.25) is 0 Å². The fourth-order valence-corrected chi connectivity index (χ4v) is 1.97. The third-order valence-corrected chi connectivity index (χ3v) is 4.56. The molecule has 2 rings (SSSR count). The molecule has 2 aromatic rings. The highest BCUT2D eigenvalue weighted by Crippen LogP contribution is 2.17. The number of aliphatic carboxylic acids is 1. The summed E-state index contributed by atoms with van der Waals surface area (Å²) in [7, 11) is 0. The van der Waals surface area contributed by atoms with E-state index in [-0.39, 0.29) is 31.3 Å². The maximum Gasteiger partial charge on any atom is 0.519 e. The van der Waals surface area contributed by atoms with Crippen LogP contribution in [0.5, 0.6) is 0 Å². The quantitative estimate of drug-likeness (QED) is 0.342. The molecule has 33 heavy (non-hydrogen) atoms. The summed E-state index contributed by atoms with van der Waals surface area (Å²) in [5, 5.41) is 26.1. The number of carboxylic acids is 1. The van der Waals surface area contributed by atoms with Crippen LogP contribution in [0.25, 0.3) is 0 Å². The van der Waals surface area contributed by atoms with E-state index in [1.54, 1.807) is 20.8 Å². The molecule has 0 unspecified atom stereocenters. The Morgan fingerprint density at radius 2 is 1.27 bits per heavy atom. The summed E-state index contributed by atoms with van der Waals surface area (Å²) in [4.78, 5) is 42.6. The first-order valence-electron chi connectivity index (χ1n) is 9.48. The van der Waals surface area contributed by atoms with Crippen molar-refractivity contribution in [1.29, 1.82) is 0 Å². The number of aliphatic hydroxyl groups is 2. The van der Waals surface area contributed by atoms with Crippen LogP contribution in [-0.2, 0) is 26.3 Å². The summed E-state index contributed by atoms with van der Waals surface area (Å²) in [5.74, 6) is -1.46. The standard InChI is InChI=1S/C10H14O6.C5H5BrO3.C5H10O3/c1-6-7(16-9(13)15-6)4-14-8(12)10(2,3)5-11;1-3-4(2-6)9-5(7)8-3;1-5(2,3-6)4(7)8/h11H,4-5H2,1-3H3;2H2,1H3;6H,3H2,1-2H3,(H,7,8). The molecule has 0 saturated heterocycles. The van der Waals surface area contributed by atoms with Crippen LogP contribution < -0.4 is 11.6 Å². The van der Waals surface area contributed by atoms with Crippen LogP contribution >= 0.6 is 15.9 Å². The molecule has 0 amide bonds. The third kappa shape index (κ3) is 10.2. The van der Waals surface area contributed by atoms with Crippen molar-refractivity contribution in [3.63, 3.8) is 0 Å². The molecule has 0 aliphatic rings. The molecule has 0 radical (unpaired) electrons. The van der Waals surface area contributed by atoms with Gasteiger partial charge in [-0.1, -0.05) is 15.9 Å². The number of carboxylic acid groups (broad SMARTS) is 1. The minimum atomic E-state index is -0.986. The maximum atomic E-state index is 11.5. The number of alkyl halides is 1. The monoisotopic (exact) mass is 540 g/mol. The van der Waals surface area contributed by atoms with Gasteiger partial charge in [-0.05, 0) is 41.5 Å². The first kappa shape index (κ1) is 30.4. The molecule has 2 aromatic heterocycles. The molecule has 0 saturated carbocycles. The molecular formula is C20H29BrO12. The van der Waals surface area contributed by atoms with E-state index in [1.807, 2.05) is 0 Å². The second kappa shape index (κ2) is 13.2. The van der Waals surface area contributed by atoms with Gasteiger partial charge in [0.1, 0.15) is 5.76 Å². The SMILES string of the molecule is CC(C)(CO)C(=O)O.Cc1oc(=O)oc1CBr.Cc1oc(=O)oc1COC(=O)C(C)(C)CO. The van der Waals surface area contributed by atoms with Crippen molar-refractivity contribution < 1.29 is 47.3 Å². The minimum Gasteiger partial charge on any atom is -0.481 e. The number of ether oxygens (including phenoxy) is 1. The highest BCUT2D eigenvalue weighted by molar-refractivity contribution is 9.08.